The Kier molecular flexibility index (Phi) is 4.24. The van der Waals surface area contributed by atoms with E-state index < -0.39 is 30.8 Å². The van der Waals surface area contributed by atoms with Crippen LogP contribution in [-0.2, 0) is 19.4 Å². The van der Waals surface area contributed by atoms with Gasteiger partial charge in [-0.25, -0.2) is 9.90 Å². The van der Waals surface area contributed by atoms with E-state index in [0.717, 1.165) is 6.92 Å². The topological polar surface area (TPSA) is 104 Å². The molecule has 0 saturated heterocycles. The maximum absolute atomic E-state index is 10.3. The Bertz CT molecular complexity index is 177. The van der Waals surface area contributed by atoms with Crippen molar-refractivity contribution in [2.24, 2.45) is 0 Å². The second kappa shape index (κ2) is 4.68. The van der Waals surface area contributed by atoms with Crippen molar-refractivity contribution < 1.29 is 29.6 Å². The first kappa shape index (κ1) is 10.9. The molecule has 0 fully saturated rings. The second-order valence-electron chi connectivity index (χ2n) is 2.10. The molecule has 0 aromatic rings. The zero-order chi connectivity index (χ0) is 9.72. The fourth-order valence-electron chi connectivity index (χ4n) is 0.558. The smallest absolute Gasteiger partial charge is 0.398 e. The molecule has 6 nitrogen and oxygen atoms in total. The van der Waals surface area contributed by atoms with Crippen LogP contribution in [0.25, 0.3) is 0 Å². The Balaban J connectivity index is 4.22. The normalized spacial score (nSPS) is 14.9. The predicted octanol–water partition coefficient (Wildman–Crippen LogP) is -1.77. The summed E-state index contributed by atoms with van der Waals surface area (Å²) in [7, 11) is 0. The lowest BCUT2D eigenvalue weighted by Gasteiger charge is -2.14. The van der Waals surface area contributed by atoms with Gasteiger partial charge in [0, 0.05) is 6.92 Å². The molecule has 0 aliphatic rings. The maximum Gasteiger partial charge on any atom is 0.398 e. The summed E-state index contributed by atoms with van der Waals surface area (Å²) < 4.78 is 4.15. The first-order valence-corrected chi connectivity index (χ1v) is 3.16. The molecule has 0 heterocycles. The fraction of sp³-hybridized carbons (Fsp3) is 0.667. The molecule has 12 heavy (non-hydrogen) atoms. The summed E-state index contributed by atoms with van der Waals surface area (Å²) in [5, 5.41) is 27.3. The zero-order valence-corrected chi connectivity index (χ0v) is 6.39. The van der Waals surface area contributed by atoms with Gasteiger partial charge in [0.15, 0.2) is 0 Å². The molecule has 0 spiro atoms. The summed E-state index contributed by atoms with van der Waals surface area (Å²) >= 11 is 0. The number of carbonyl (C=O) groups is 2. The number of hydrogen-bond acceptors (Lipinski definition) is 5. The number of esters is 1. The molecule has 2 unspecified atom stereocenters. The van der Waals surface area contributed by atoms with E-state index in [4.69, 9.17) is 10.2 Å². The van der Waals surface area contributed by atoms with E-state index in [1.165, 1.54) is 0 Å². The standard InChI is InChI=1S/C6H9O6/c1-3(8)12-5(6(10)11)4(9)2-7/h4-5,7,9H,2H2,1H3. The Labute approximate surface area is 68.4 Å². The van der Waals surface area contributed by atoms with Gasteiger partial charge < -0.3 is 14.9 Å². The van der Waals surface area contributed by atoms with Crippen LogP contribution >= 0.6 is 0 Å². The van der Waals surface area contributed by atoms with Gasteiger partial charge in [0.05, 0.1) is 6.61 Å². The molecule has 0 aromatic carbocycles. The van der Waals surface area contributed by atoms with Crippen molar-refractivity contribution in [3.05, 3.63) is 0 Å². The molecule has 6 heteroatoms. The minimum atomic E-state index is -1.81. The predicted molar refractivity (Wildman–Crippen MR) is 34.3 cm³/mol. The van der Waals surface area contributed by atoms with Crippen molar-refractivity contribution in [3.63, 3.8) is 0 Å². The van der Waals surface area contributed by atoms with Crippen molar-refractivity contribution in [2.75, 3.05) is 6.61 Å². The lowest BCUT2D eigenvalue weighted by molar-refractivity contribution is -0.176. The van der Waals surface area contributed by atoms with E-state index in [1.807, 2.05) is 0 Å². The van der Waals surface area contributed by atoms with Crippen LogP contribution in [0.15, 0.2) is 0 Å². The number of ether oxygens (including phenoxy) is 1. The highest BCUT2D eigenvalue weighted by molar-refractivity contribution is 5.77. The van der Waals surface area contributed by atoms with Gasteiger partial charge in [0.1, 0.15) is 6.10 Å². The van der Waals surface area contributed by atoms with Crippen LogP contribution in [0, 0.1) is 0 Å². The van der Waals surface area contributed by atoms with Gasteiger partial charge in [-0.2, -0.15) is 0 Å². The molecule has 0 aliphatic heterocycles. The number of hydrogen-bond donors (Lipinski definition) is 2. The summed E-state index contributed by atoms with van der Waals surface area (Å²) in [6.07, 6.45) is -3.47. The van der Waals surface area contributed by atoms with Gasteiger partial charge >= 0.3 is 11.9 Å². The summed E-state index contributed by atoms with van der Waals surface area (Å²) in [5.74, 6) is -2.61. The highest BCUT2D eigenvalue weighted by Gasteiger charge is 2.30. The molecule has 2 atom stereocenters. The van der Waals surface area contributed by atoms with Crippen LogP contribution in [-0.4, -0.2) is 41.0 Å². The quantitative estimate of drug-likeness (QED) is 0.494. The third-order valence-corrected chi connectivity index (χ3v) is 1.06. The summed E-state index contributed by atoms with van der Waals surface area (Å²) in [6.45, 7) is 0.173. The molecule has 69 valence electrons. The molecule has 0 saturated carbocycles. The molecule has 0 amide bonds. The van der Waals surface area contributed by atoms with Gasteiger partial charge in [-0.05, 0) is 0 Å². The largest absolute Gasteiger partial charge is 0.447 e. The molecule has 0 bridgehead atoms. The molecule has 1 radical (unpaired) electrons. The van der Waals surface area contributed by atoms with E-state index in [-0.39, 0.29) is 0 Å². The second-order valence-corrected chi connectivity index (χ2v) is 2.10. The van der Waals surface area contributed by atoms with Crippen molar-refractivity contribution in [1.29, 1.82) is 0 Å². The SMILES string of the molecule is CC(=O)OC(C([O])=O)C(O)CO. The Morgan fingerprint density at radius 3 is 2.25 bits per heavy atom. The fourth-order valence-corrected chi connectivity index (χ4v) is 0.558. The summed E-state index contributed by atoms with van der Waals surface area (Å²) in [6, 6.07) is 0. The van der Waals surface area contributed by atoms with Crippen LogP contribution in [0.5, 0.6) is 0 Å². The van der Waals surface area contributed by atoms with Crippen LogP contribution < -0.4 is 0 Å². The van der Waals surface area contributed by atoms with E-state index >= 15 is 0 Å². The molecule has 0 aromatic heterocycles. The van der Waals surface area contributed by atoms with Crippen molar-refractivity contribution in [2.45, 2.75) is 19.1 Å². The van der Waals surface area contributed by atoms with Gasteiger partial charge in [0.2, 0.25) is 6.10 Å². The first-order chi connectivity index (χ1) is 5.49. The minimum Gasteiger partial charge on any atom is -0.447 e. The average molecular weight is 177 g/mol. The van der Waals surface area contributed by atoms with Crippen molar-refractivity contribution >= 4 is 11.9 Å². The van der Waals surface area contributed by atoms with Crippen LogP contribution in [0.2, 0.25) is 0 Å². The Morgan fingerprint density at radius 2 is 2.00 bits per heavy atom. The van der Waals surface area contributed by atoms with E-state index in [1.54, 1.807) is 0 Å². The molecule has 0 rings (SSSR count). The Hall–Kier alpha value is -1.14. The van der Waals surface area contributed by atoms with Crippen LogP contribution in [0.4, 0.5) is 0 Å². The number of carbonyl (C=O) groups excluding carboxylic acids is 2. The number of aliphatic hydroxyl groups excluding tert-OH is 2. The number of rotatable bonds is 4. The van der Waals surface area contributed by atoms with Gasteiger partial charge in [-0.3, -0.25) is 4.79 Å². The van der Waals surface area contributed by atoms with E-state index in [9.17, 15) is 14.7 Å². The average Bonchev–Trinajstić information content (AvgIpc) is 1.98. The van der Waals surface area contributed by atoms with Crippen molar-refractivity contribution in [1.82, 2.24) is 0 Å². The minimum absolute atomic E-state index is 0.814. The Morgan fingerprint density at radius 1 is 1.50 bits per heavy atom. The van der Waals surface area contributed by atoms with Crippen LogP contribution in [0.3, 0.4) is 0 Å². The lowest BCUT2D eigenvalue weighted by atomic mass is 10.2. The monoisotopic (exact) mass is 177 g/mol. The lowest BCUT2D eigenvalue weighted by Crippen LogP contribution is -2.39. The third-order valence-electron chi connectivity index (χ3n) is 1.06. The summed E-state index contributed by atoms with van der Waals surface area (Å²) in [5.41, 5.74) is 0. The van der Waals surface area contributed by atoms with Crippen LogP contribution in [0.1, 0.15) is 6.92 Å². The van der Waals surface area contributed by atoms with Gasteiger partial charge in [-0.15, -0.1) is 0 Å². The van der Waals surface area contributed by atoms with Gasteiger partial charge in [0.25, 0.3) is 0 Å². The maximum atomic E-state index is 10.3. The van der Waals surface area contributed by atoms with Gasteiger partial charge in [-0.1, -0.05) is 0 Å². The zero-order valence-electron chi connectivity index (χ0n) is 6.39. The molecular weight excluding hydrogens is 168 g/mol. The highest BCUT2D eigenvalue weighted by atomic mass is 16.6. The van der Waals surface area contributed by atoms with Crippen molar-refractivity contribution in [3.8, 4) is 0 Å². The van der Waals surface area contributed by atoms with E-state index in [2.05, 4.69) is 4.74 Å². The first-order valence-electron chi connectivity index (χ1n) is 3.16. The summed E-state index contributed by atoms with van der Waals surface area (Å²) in [4.78, 5) is 20.4. The third kappa shape index (κ3) is 3.31. The molecule has 2 N–H and O–H groups in total. The highest BCUT2D eigenvalue weighted by Crippen LogP contribution is 2.00. The molecule has 0 aliphatic carbocycles. The molecular formula is C6H9O6. The van der Waals surface area contributed by atoms with E-state index in [0.29, 0.717) is 0 Å². The number of aliphatic hydroxyl groups is 2.